The number of carbonyl (C=O) groups is 1. The maximum Gasteiger partial charge on any atom is 0.316 e. The first-order valence-electron chi connectivity index (χ1n) is 3.43. The van der Waals surface area contributed by atoms with Crippen molar-refractivity contribution >= 4 is 17.7 Å². The second-order valence-corrected chi connectivity index (χ2v) is 3.03. The van der Waals surface area contributed by atoms with E-state index in [0.29, 0.717) is 5.75 Å². The number of esters is 1. The van der Waals surface area contributed by atoms with Crippen molar-refractivity contribution in [2.75, 3.05) is 12.9 Å². The summed E-state index contributed by atoms with van der Waals surface area (Å²) >= 11 is 1.37. The molecule has 64 valence electrons. The molecule has 0 fully saturated rings. The number of hydrogen-bond acceptors (Lipinski definition) is 4. The van der Waals surface area contributed by atoms with Crippen molar-refractivity contribution in [2.45, 2.75) is 5.03 Å². The summed E-state index contributed by atoms with van der Waals surface area (Å²) in [5.41, 5.74) is 0. The molecule has 0 N–H and O–H groups in total. The molecule has 0 bridgehead atoms. The minimum atomic E-state index is -0.231. The number of thioether (sulfide) groups is 1. The highest BCUT2D eigenvalue weighted by atomic mass is 32.2. The summed E-state index contributed by atoms with van der Waals surface area (Å²) in [7, 11) is 1.38. The topological polar surface area (TPSA) is 39.2 Å². The zero-order chi connectivity index (χ0) is 8.81. The third-order valence-electron chi connectivity index (χ3n) is 1.20. The number of pyridine rings is 1. The van der Waals surface area contributed by atoms with Crippen LogP contribution in [0.1, 0.15) is 0 Å². The van der Waals surface area contributed by atoms with E-state index in [-0.39, 0.29) is 5.97 Å². The predicted molar refractivity (Wildman–Crippen MR) is 47.0 cm³/mol. The summed E-state index contributed by atoms with van der Waals surface area (Å²) in [5, 5.41) is 0.836. The number of rotatable bonds is 3. The summed E-state index contributed by atoms with van der Waals surface area (Å²) in [6.07, 6.45) is 1.69. The summed E-state index contributed by atoms with van der Waals surface area (Å²) in [5.74, 6) is 0.0821. The molecule has 0 saturated carbocycles. The Morgan fingerprint density at radius 1 is 1.67 bits per heavy atom. The molecule has 3 nitrogen and oxygen atoms in total. The largest absolute Gasteiger partial charge is 0.468 e. The third-order valence-corrected chi connectivity index (χ3v) is 2.12. The van der Waals surface area contributed by atoms with Crippen molar-refractivity contribution < 1.29 is 9.53 Å². The monoisotopic (exact) mass is 183 g/mol. The molecule has 1 rings (SSSR count). The molecule has 0 aromatic carbocycles. The van der Waals surface area contributed by atoms with Crippen molar-refractivity contribution in [1.29, 1.82) is 0 Å². The van der Waals surface area contributed by atoms with Crippen LogP contribution >= 0.6 is 11.8 Å². The Hall–Kier alpha value is -1.03. The van der Waals surface area contributed by atoms with E-state index in [9.17, 15) is 4.79 Å². The first-order chi connectivity index (χ1) is 5.83. The molecule has 0 unspecified atom stereocenters. The van der Waals surface area contributed by atoms with Crippen LogP contribution in [0.15, 0.2) is 29.4 Å². The lowest BCUT2D eigenvalue weighted by atomic mass is 10.5. The first-order valence-corrected chi connectivity index (χ1v) is 4.42. The van der Waals surface area contributed by atoms with Gasteiger partial charge in [-0.05, 0) is 12.1 Å². The second-order valence-electron chi connectivity index (χ2n) is 2.03. The number of hydrogen-bond donors (Lipinski definition) is 0. The van der Waals surface area contributed by atoms with E-state index in [4.69, 9.17) is 0 Å². The summed E-state index contributed by atoms with van der Waals surface area (Å²) in [6, 6.07) is 5.57. The van der Waals surface area contributed by atoms with Gasteiger partial charge in [-0.2, -0.15) is 0 Å². The molecule has 12 heavy (non-hydrogen) atoms. The molecule has 0 atom stereocenters. The predicted octanol–water partition coefficient (Wildman–Crippen LogP) is 1.35. The average molecular weight is 183 g/mol. The van der Waals surface area contributed by atoms with E-state index in [2.05, 4.69) is 9.72 Å². The van der Waals surface area contributed by atoms with Crippen LogP contribution in [0.5, 0.6) is 0 Å². The second kappa shape index (κ2) is 4.77. The Morgan fingerprint density at radius 3 is 3.08 bits per heavy atom. The fraction of sp³-hybridized carbons (Fsp3) is 0.250. The first kappa shape index (κ1) is 9.06. The maximum absolute atomic E-state index is 10.7. The van der Waals surface area contributed by atoms with Gasteiger partial charge in [0.05, 0.1) is 17.9 Å². The van der Waals surface area contributed by atoms with Crippen LogP contribution in [0.3, 0.4) is 0 Å². The summed E-state index contributed by atoms with van der Waals surface area (Å²) in [4.78, 5) is 14.8. The number of carbonyl (C=O) groups excluding carboxylic acids is 1. The highest BCUT2D eigenvalue weighted by Gasteiger charge is 2.01. The summed E-state index contributed by atoms with van der Waals surface area (Å²) < 4.78 is 4.48. The normalized spacial score (nSPS) is 9.42. The van der Waals surface area contributed by atoms with E-state index < -0.39 is 0 Å². The van der Waals surface area contributed by atoms with Gasteiger partial charge in [0.15, 0.2) is 0 Å². The highest BCUT2D eigenvalue weighted by Crippen LogP contribution is 2.13. The maximum atomic E-state index is 10.7. The fourth-order valence-electron chi connectivity index (χ4n) is 0.624. The van der Waals surface area contributed by atoms with Crippen LogP contribution in [0, 0.1) is 0 Å². The lowest BCUT2D eigenvalue weighted by Gasteiger charge is -1.97. The van der Waals surface area contributed by atoms with Gasteiger partial charge < -0.3 is 4.74 Å². The highest BCUT2D eigenvalue weighted by molar-refractivity contribution is 7.99. The SMILES string of the molecule is COC(=O)CSc1ccccn1. The lowest BCUT2D eigenvalue weighted by Crippen LogP contribution is -2.02. The zero-order valence-electron chi connectivity index (χ0n) is 6.69. The van der Waals surface area contributed by atoms with Gasteiger partial charge in [0.1, 0.15) is 0 Å². The van der Waals surface area contributed by atoms with E-state index in [1.54, 1.807) is 6.20 Å². The number of ether oxygens (including phenoxy) is 1. The quantitative estimate of drug-likeness (QED) is 0.523. The molecule has 0 aliphatic heterocycles. The smallest absolute Gasteiger partial charge is 0.316 e. The van der Waals surface area contributed by atoms with Gasteiger partial charge >= 0.3 is 5.97 Å². The van der Waals surface area contributed by atoms with Crippen LogP contribution < -0.4 is 0 Å². The standard InChI is InChI=1S/C8H9NO2S/c1-11-8(10)6-12-7-4-2-3-5-9-7/h2-5H,6H2,1H3. The van der Waals surface area contributed by atoms with Gasteiger partial charge in [0.25, 0.3) is 0 Å². The fourth-order valence-corrected chi connectivity index (χ4v) is 1.32. The molecule has 1 heterocycles. The third kappa shape index (κ3) is 2.92. The minimum absolute atomic E-state index is 0.231. The summed E-state index contributed by atoms with van der Waals surface area (Å²) in [6.45, 7) is 0. The molecule has 1 aromatic heterocycles. The molecule has 0 aliphatic rings. The van der Waals surface area contributed by atoms with Gasteiger partial charge in [0.2, 0.25) is 0 Å². The molecule has 1 aromatic rings. The Balaban J connectivity index is 2.38. The molecular weight excluding hydrogens is 174 g/mol. The van der Waals surface area contributed by atoms with Crippen LogP contribution in [-0.4, -0.2) is 23.8 Å². The van der Waals surface area contributed by atoms with Crippen molar-refractivity contribution in [3.05, 3.63) is 24.4 Å². The minimum Gasteiger partial charge on any atom is -0.468 e. The molecule has 4 heteroatoms. The molecule has 0 aliphatic carbocycles. The van der Waals surface area contributed by atoms with Gasteiger partial charge in [-0.15, -0.1) is 0 Å². The molecule has 0 spiro atoms. The molecular formula is C8H9NO2S. The Labute approximate surface area is 75.1 Å². The molecule has 0 saturated heterocycles. The van der Waals surface area contributed by atoms with Gasteiger partial charge in [-0.1, -0.05) is 17.8 Å². The Morgan fingerprint density at radius 2 is 2.50 bits per heavy atom. The van der Waals surface area contributed by atoms with Crippen LogP contribution in [0.25, 0.3) is 0 Å². The van der Waals surface area contributed by atoms with Crippen LogP contribution in [0.2, 0.25) is 0 Å². The van der Waals surface area contributed by atoms with Gasteiger partial charge in [-0.25, -0.2) is 4.98 Å². The van der Waals surface area contributed by atoms with Crippen molar-refractivity contribution in [2.24, 2.45) is 0 Å². The number of methoxy groups -OCH3 is 1. The van der Waals surface area contributed by atoms with Crippen LogP contribution in [-0.2, 0) is 9.53 Å². The van der Waals surface area contributed by atoms with Gasteiger partial charge in [0, 0.05) is 6.20 Å². The zero-order valence-corrected chi connectivity index (χ0v) is 7.50. The lowest BCUT2D eigenvalue weighted by molar-refractivity contribution is -0.137. The van der Waals surface area contributed by atoms with E-state index in [1.165, 1.54) is 18.9 Å². The van der Waals surface area contributed by atoms with E-state index >= 15 is 0 Å². The Bertz CT molecular complexity index is 250. The number of aromatic nitrogens is 1. The van der Waals surface area contributed by atoms with Crippen LogP contribution in [0.4, 0.5) is 0 Å². The van der Waals surface area contributed by atoms with E-state index in [1.807, 2.05) is 18.2 Å². The molecule has 0 radical (unpaired) electrons. The Kier molecular flexibility index (Phi) is 3.60. The average Bonchev–Trinajstić information content (AvgIpc) is 2.16. The van der Waals surface area contributed by atoms with Gasteiger partial charge in [-0.3, -0.25) is 4.79 Å². The number of nitrogens with zero attached hydrogens (tertiary/aromatic N) is 1. The molecule has 0 amide bonds. The van der Waals surface area contributed by atoms with Crippen molar-refractivity contribution in [1.82, 2.24) is 4.98 Å². The van der Waals surface area contributed by atoms with Crippen molar-refractivity contribution in [3.8, 4) is 0 Å². The van der Waals surface area contributed by atoms with E-state index in [0.717, 1.165) is 5.03 Å². The van der Waals surface area contributed by atoms with Crippen molar-refractivity contribution in [3.63, 3.8) is 0 Å².